The zero-order valence-electron chi connectivity index (χ0n) is 17.8. The van der Waals surface area contributed by atoms with Gasteiger partial charge < -0.3 is 15.0 Å². The monoisotopic (exact) mass is 418 g/mol. The van der Waals surface area contributed by atoms with E-state index in [1.807, 2.05) is 68.4 Å². The first kappa shape index (κ1) is 22.0. The number of nitrogens with zero attached hydrogens (tertiary/aromatic N) is 1. The predicted molar refractivity (Wildman–Crippen MR) is 121 cm³/mol. The zero-order chi connectivity index (χ0) is 22.2. The Hall–Kier alpha value is -3.67. The smallest absolute Gasteiger partial charge is 0.338 e. The van der Waals surface area contributed by atoms with Gasteiger partial charge >= 0.3 is 5.97 Å². The fraction of sp³-hybridized carbons (Fsp3) is 0.240. The second kappa shape index (κ2) is 10.4. The maximum absolute atomic E-state index is 12.6. The van der Waals surface area contributed by atoms with Crippen molar-refractivity contribution in [3.05, 3.63) is 77.9 Å². The quantitative estimate of drug-likeness (QED) is 0.557. The van der Waals surface area contributed by atoms with Gasteiger partial charge in [0.15, 0.2) is 6.61 Å². The van der Waals surface area contributed by atoms with Crippen molar-refractivity contribution >= 4 is 34.2 Å². The van der Waals surface area contributed by atoms with Crippen LogP contribution in [-0.2, 0) is 14.3 Å². The van der Waals surface area contributed by atoms with Crippen molar-refractivity contribution in [1.82, 2.24) is 4.90 Å². The Morgan fingerprint density at radius 3 is 2.39 bits per heavy atom. The van der Waals surface area contributed by atoms with E-state index in [1.54, 1.807) is 12.1 Å². The molecular weight excluding hydrogens is 392 g/mol. The van der Waals surface area contributed by atoms with Gasteiger partial charge in [-0.1, -0.05) is 55.5 Å². The van der Waals surface area contributed by atoms with Crippen LogP contribution in [0.1, 0.15) is 29.3 Å². The summed E-state index contributed by atoms with van der Waals surface area (Å²) in [5, 5.41) is 4.76. The number of fused-ring (bicyclic) bond motifs is 1. The molecule has 31 heavy (non-hydrogen) atoms. The van der Waals surface area contributed by atoms with E-state index in [4.69, 9.17) is 4.74 Å². The predicted octanol–water partition coefficient (Wildman–Crippen LogP) is 4.18. The number of nitrogens with one attached hydrogen (secondary N) is 1. The van der Waals surface area contributed by atoms with Gasteiger partial charge in [0.1, 0.15) is 0 Å². The van der Waals surface area contributed by atoms with E-state index < -0.39 is 18.5 Å². The van der Waals surface area contributed by atoms with Crippen LogP contribution in [0.5, 0.6) is 0 Å². The molecule has 0 saturated heterocycles. The maximum Gasteiger partial charge on any atom is 0.338 e. The van der Waals surface area contributed by atoms with Gasteiger partial charge in [0, 0.05) is 12.2 Å². The van der Waals surface area contributed by atoms with Crippen molar-refractivity contribution in [1.29, 1.82) is 0 Å². The summed E-state index contributed by atoms with van der Waals surface area (Å²) in [5.41, 5.74) is 2.03. The largest absolute Gasteiger partial charge is 0.452 e. The third kappa shape index (κ3) is 5.92. The summed E-state index contributed by atoms with van der Waals surface area (Å²) in [4.78, 5) is 38.8. The number of hydrogen-bond acceptors (Lipinski definition) is 4. The fourth-order valence-electron chi connectivity index (χ4n) is 3.26. The van der Waals surface area contributed by atoms with E-state index in [-0.39, 0.29) is 12.5 Å². The summed E-state index contributed by atoms with van der Waals surface area (Å²) in [6.07, 6.45) is 0.683. The molecule has 6 heteroatoms. The molecule has 1 N–H and O–H groups in total. The Bertz CT molecular complexity index is 1090. The second-order valence-electron chi connectivity index (χ2n) is 7.32. The molecule has 0 aliphatic carbocycles. The van der Waals surface area contributed by atoms with E-state index in [9.17, 15) is 14.4 Å². The number of hydrogen-bond donors (Lipinski definition) is 1. The average molecular weight is 418 g/mol. The first-order chi connectivity index (χ1) is 15.0. The minimum Gasteiger partial charge on any atom is -0.452 e. The summed E-state index contributed by atoms with van der Waals surface area (Å²) in [6, 6.07) is 20.4. The highest BCUT2D eigenvalue weighted by Gasteiger charge is 2.19. The molecule has 0 aliphatic rings. The lowest BCUT2D eigenvalue weighted by Crippen LogP contribution is -2.40. The molecule has 0 spiro atoms. The van der Waals surface area contributed by atoms with Crippen LogP contribution >= 0.6 is 0 Å². The topological polar surface area (TPSA) is 75.7 Å². The van der Waals surface area contributed by atoms with Crippen molar-refractivity contribution in [2.45, 2.75) is 20.3 Å². The molecule has 2 amide bonds. The van der Waals surface area contributed by atoms with Gasteiger partial charge in [0.2, 0.25) is 5.91 Å². The molecule has 0 heterocycles. The standard InChI is InChI=1S/C25H26N2O4/c1-3-14-27(16-23(28)26-22-11-7-4-8-18(22)2)24(29)17-31-25(30)21-13-12-19-9-5-6-10-20(19)15-21/h4-13,15H,3,14,16-17H2,1-2H3,(H,26,28). The number of para-hydroxylation sites is 1. The number of carbonyl (C=O) groups excluding carboxylic acids is 3. The van der Waals surface area contributed by atoms with Gasteiger partial charge in [-0.2, -0.15) is 0 Å². The van der Waals surface area contributed by atoms with Crippen molar-refractivity contribution in [3.8, 4) is 0 Å². The lowest BCUT2D eigenvalue weighted by Gasteiger charge is -2.21. The summed E-state index contributed by atoms with van der Waals surface area (Å²) >= 11 is 0. The lowest BCUT2D eigenvalue weighted by atomic mass is 10.1. The molecular formula is C25H26N2O4. The Morgan fingerprint density at radius 2 is 1.65 bits per heavy atom. The molecule has 3 aromatic rings. The molecule has 0 atom stereocenters. The number of benzene rings is 3. The molecule has 0 bridgehead atoms. The van der Waals surface area contributed by atoms with E-state index in [2.05, 4.69) is 5.32 Å². The number of ether oxygens (including phenoxy) is 1. The summed E-state index contributed by atoms with van der Waals surface area (Å²) in [7, 11) is 0. The van der Waals surface area contributed by atoms with Crippen LogP contribution in [0.25, 0.3) is 10.8 Å². The fourth-order valence-corrected chi connectivity index (χ4v) is 3.26. The molecule has 0 aliphatic heterocycles. The number of rotatable bonds is 8. The first-order valence-electron chi connectivity index (χ1n) is 10.3. The van der Waals surface area contributed by atoms with Crippen molar-refractivity contribution in [2.24, 2.45) is 0 Å². The summed E-state index contributed by atoms with van der Waals surface area (Å²) in [6.45, 7) is 3.70. The highest BCUT2D eigenvalue weighted by Crippen LogP contribution is 2.16. The van der Waals surface area contributed by atoms with Crippen LogP contribution in [-0.4, -0.2) is 42.4 Å². The summed E-state index contributed by atoms with van der Waals surface area (Å²) in [5.74, 6) is -1.27. The van der Waals surface area contributed by atoms with E-state index in [0.29, 0.717) is 24.2 Å². The highest BCUT2D eigenvalue weighted by atomic mass is 16.5. The lowest BCUT2D eigenvalue weighted by molar-refractivity contribution is -0.137. The summed E-state index contributed by atoms with van der Waals surface area (Å²) < 4.78 is 5.22. The molecule has 160 valence electrons. The van der Waals surface area contributed by atoms with Crippen LogP contribution in [0.15, 0.2) is 66.7 Å². The van der Waals surface area contributed by atoms with Crippen molar-refractivity contribution in [2.75, 3.05) is 25.0 Å². The molecule has 3 aromatic carbocycles. The van der Waals surface area contributed by atoms with E-state index in [0.717, 1.165) is 16.3 Å². The highest BCUT2D eigenvalue weighted by molar-refractivity contribution is 5.97. The van der Waals surface area contributed by atoms with Gasteiger partial charge in [0.25, 0.3) is 5.91 Å². The number of amides is 2. The molecule has 0 saturated carbocycles. The molecule has 6 nitrogen and oxygen atoms in total. The minimum absolute atomic E-state index is 0.103. The SMILES string of the molecule is CCCN(CC(=O)Nc1ccccc1C)C(=O)COC(=O)c1ccc2ccccc2c1. The molecule has 0 radical (unpaired) electrons. The molecule has 0 fully saturated rings. The average Bonchev–Trinajstić information content (AvgIpc) is 2.78. The third-order valence-corrected chi connectivity index (χ3v) is 4.91. The van der Waals surface area contributed by atoms with Crippen LogP contribution in [0, 0.1) is 6.92 Å². The number of anilines is 1. The minimum atomic E-state index is -0.570. The van der Waals surface area contributed by atoms with Crippen LogP contribution < -0.4 is 5.32 Å². The van der Waals surface area contributed by atoms with E-state index in [1.165, 1.54) is 4.90 Å². The number of esters is 1. The van der Waals surface area contributed by atoms with Crippen LogP contribution in [0.2, 0.25) is 0 Å². The Labute approximate surface area is 181 Å². The van der Waals surface area contributed by atoms with Crippen LogP contribution in [0.3, 0.4) is 0 Å². The molecule has 0 aromatic heterocycles. The van der Waals surface area contributed by atoms with Gasteiger partial charge in [-0.25, -0.2) is 4.79 Å². The van der Waals surface area contributed by atoms with E-state index >= 15 is 0 Å². The second-order valence-corrected chi connectivity index (χ2v) is 7.32. The molecule has 0 unspecified atom stereocenters. The Morgan fingerprint density at radius 1 is 0.935 bits per heavy atom. The van der Waals surface area contributed by atoms with Gasteiger partial charge in [-0.05, 0) is 47.9 Å². The zero-order valence-corrected chi connectivity index (χ0v) is 17.8. The van der Waals surface area contributed by atoms with Gasteiger partial charge in [-0.3, -0.25) is 9.59 Å². The van der Waals surface area contributed by atoms with Crippen molar-refractivity contribution in [3.63, 3.8) is 0 Å². The Balaban J connectivity index is 1.58. The van der Waals surface area contributed by atoms with Gasteiger partial charge in [-0.15, -0.1) is 0 Å². The third-order valence-electron chi connectivity index (χ3n) is 4.91. The normalized spacial score (nSPS) is 10.5. The van der Waals surface area contributed by atoms with Crippen molar-refractivity contribution < 1.29 is 19.1 Å². The Kier molecular flexibility index (Phi) is 7.38. The first-order valence-corrected chi connectivity index (χ1v) is 10.3. The number of aryl methyl sites for hydroxylation is 1. The van der Waals surface area contributed by atoms with Crippen LogP contribution in [0.4, 0.5) is 5.69 Å². The maximum atomic E-state index is 12.6. The molecule has 3 rings (SSSR count). The van der Waals surface area contributed by atoms with Gasteiger partial charge in [0.05, 0.1) is 12.1 Å². The number of carbonyl (C=O) groups is 3.